The number of hydrogen-bond acceptors (Lipinski definition) is 5. The molecule has 1 aromatic heterocycles. The molecule has 5 aromatic rings. The SMILES string of the molecule is CCOC(=O)c1ccccc1-c1c(C(=O)c2ccc(OC)cc2)n(CCc2ccc(OC)cc2)c2ccc(Cl)cc12. The normalized spacial score (nSPS) is 10.9. The monoisotopic (exact) mass is 567 g/mol. The van der Waals surface area contributed by atoms with E-state index in [0.29, 0.717) is 51.7 Å². The van der Waals surface area contributed by atoms with E-state index in [-0.39, 0.29) is 12.4 Å². The van der Waals surface area contributed by atoms with Crippen LogP contribution in [0.1, 0.15) is 38.9 Å². The van der Waals surface area contributed by atoms with E-state index in [2.05, 4.69) is 0 Å². The van der Waals surface area contributed by atoms with Gasteiger partial charge in [0.25, 0.3) is 0 Å². The van der Waals surface area contributed by atoms with Gasteiger partial charge in [-0.15, -0.1) is 0 Å². The van der Waals surface area contributed by atoms with Gasteiger partial charge in [0.05, 0.1) is 32.1 Å². The molecule has 5 rings (SSSR count). The average molecular weight is 568 g/mol. The highest BCUT2D eigenvalue weighted by molar-refractivity contribution is 6.32. The predicted molar refractivity (Wildman–Crippen MR) is 161 cm³/mol. The zero-order valence-corrected chi connectivity index (χ0v) is 23.9. The van der Waals surface area contributed by atoms with Gasteiger partial charge in [-0.25, -0.2) is 4.79 Å². The number of carbonyl (C=O) groups is 2. The lowest BCUT2D eigenvalue weighted by atomic mass is 9.94. The van der Waals surface area contributed by atoms with E-state index in [1.54, 1.807) is 57.5 Å². The topological polar surface area (TPSA) is 66.8 Å². The number of ether oxygens (including phenoxy) is 3. The Kier molecular flexibility index (Phi) is 8.41. The number of methoxy groups -OCH3 is 2. The molecule has 0 unspecified atom stereocenters. The van der Waals surface area contributed by atoms with E-state index in [4.69, 9.17) is 25.8 Å². The van der Waals surface area contributed by atoms with Gasteiger partial charge >= 0.3 is 5.97 Å². The minimum Gasteiger partial charge on any atom is -0.497 e. The number of ketones is 1. The zero-order valence-electron chi connectivity index (χ0n) is 23.1. The zero-order chi connectivity index (χ0) is 28.9. The molecule has 41 heavy (non-hydrogen) atoms. The van der Waals surface area contributed by atoms with Gasteiger partial charge in [0.1, 0.15) is 11.5 Å². The maximum absolute atomic E-state index is 14.4. The van der Waals surface area contributed by atoms with Gasteiger partial charge in [-0.05, 0) is 85.1 Å². The summed E-state index contributed by atoms with van der Waals surface area (Å²) in [5, 5.41) is 1.31. The molecular formula is C34H30ClNO5. The first kappa shape index (κ1) is 28.0. The Balaban J connectivity index is 1.75. The molecule has 6 nitrogen and oxygen atoms in total. The van der Waals surface area contributed by atoms with Crippen molar-refractivity contribution in [2.75, 3.05) is 20.8 Å². The van der Waals surface area contributed by atoms with Crippen LogP contribution in [0.2, 0.25) is 5.02 Å². The standard InChI is InChI=1S/C34H30ClNO5/c1-4-41-34(38)28-8-6-5-7-27(28)31-29-21-24(35)13-18-30(29)36(20-19-22-9-14-25(39-2)15-10-22)32(31)33(37)23-11-16-26(40-3)17-12-23/h5-18,21H,4,19-20H2,1-3H3. The molecule has 0 amide bonds. The number of hydrogen-bond donors (Lipinski definition) is 0. The highest BCUT2D eigenvalue weighted by atomic mass is 35.5. The Labute approximate surface area is 244 Å². The van der Waals surface area contributed by atoms with Crippen molar-refractivity contribution in [2.24, 2.45) is 0 Å². The summed E-state index contributed by atoms with van der Waals surface area (Å²) in [6.07, 6.45) is 0.665. The van der Waals surface area contributed by atoms with Crippen molar-refractivity contribution >= 4 is 34.3 Å². The first-order valence-corrected chi connectivity index (χ1v) is 13.7. The van der Waals surface area contributed by atoms with Gasteiger partial charge in [0.15, 0.2) is 0 Å². The molecule has 0 aliphatic carbocycles. The number of carbonyl (C=O) groups excluding carboxylic acids is 2. The average Bonchev–Trinajstić information content (AvgIpc) is 3.33. The van der Waals surface area contributed by atoms with Crippen LogP contribution in [0, 0.1) is 0 Å². The molecule has 0 aliphatic rings. The van der Waals surface area contributed by atoms with Crippen LogP contribution in [0.25, 0.3) is 22.0 Å². The van der Waals surface area contributed by atoms with Crippen molar-refractivity contribution in [1.29, 1.82) is 0 Å². The van der Waals surface area contributed by atoms with E-state index < -0.39 is 5.97 Å². The van der Waals surface area contributed by atoms with Crippen LogP contribution in [0.5, 0.6) is 11.5 Å². The fourth-order valence-electron chi connectivity index (χ4n) is 5.07. The van der Waals surface area contributed by atoms with E-state index in [9.17, 15) is 9.59 Å². The lowest BCUT2D eigenvalue weighted by Gasteiger charge is -2.14. The van der Waals surface area contributed by atoms with Crippen molar-refractivity contribution < 1.29 is 23.8 Å². The predicted octanol–water partition coefficient (Wildman–Crippen LogP) is 7.63. The van der Waals surface area contributed by atoms with E-state index in [1.165, 1.54) is 0 Å². The Hall–Kier alpha value is -4.55. The quantitative estimate of drug-likeness (QED) is 0.128. The van der Waals surface area contributed by atoms with Crippen LogP contribution in [-0.4, -0.2) is 37.1 Å². The molecular weight excluding hydrogens is 538 g/mol. The highest BCUT2D eigenvalue weighted by Crippen LogP contribution is 2.40. The molecule has 1 heterocycles. The molecule has 0 saturated carbocycles. The summed E-state index contributed by atoms with van der Waals surface area (Å²) < 4.78 is 18.0. The molecule has 0 fully saturated rings. The van der Waals surface area contributed by atoms with Gasteiger partial charge in [-0.1, -0.05) is 41.9 Å². The smallest absolute Gasteiger partial charge is 0.338 e. The summed E-state index contributed by atoms with van der Waals surface area (Å²) in [7, 11) is 3.22. The van der Waals surface area contributed by atoms with E-state index in [1.807, 2.05) is 59.2 Å². The first-order chi connectivity index (χ1) is 19.9. The number of nitrogens with zero attached hydrogens (tertiary/aromatic N) is 1. The van der Waals surface area contributed by atoms with Crippen LogP contribution in [0.3, 0.4) is 0 Å². The Morgan fingerprint density at radius 2 is 1.49 bits per heavy atom. The summed E-state index contributed by atoms with van der Waals surface area (Å²) in [6.45, 7) is 2.52. The van der Waals surface area contributed by atoms with Crippen molar-refractivity contribution in [3.05, 3.63) is 118 Å². The first-order valence-electron chi connectivity index (χ1n) is 13.3. The molecule has 0 atom stereocenters. The number of fused-ring (bicyclic) bond motifs is 1. The van der Waals surface area contributed by atoms with Crippen molar-refractivity contribution in [3.63, 3.8) is 0 Å². The number of halogens is 1. The number of aromatic nitrogens is 1. The third-order valence-electron chi connectivity index (χ3n) is 7.07. The number of esters is 1. The van der Waals surface area contributed by atoms with E-state index >= 15 is 0 Å². The van der Waals surface area contributed by atoms with Crippen LogP contribution in [-0.2, 0) is 17.7 Å². The lowest BCUT2D eigenvalue weighted by Crippen LogP contribution is -2.14. The number of aryl methyl sites for hydroxylation is 2. The summed E-state index contributed by atoms with van der Waals surface area (Å²) in [5.41, 5.74) is 4.54. The maximum atomic E-state index is 14.4. The van der Waals surface area contributed by atoms with Crippen molar-refractivity contribution in [3.8, 4) is 22.6 Å². The van der Waals surface area contributed by atoms with Crippen LogP contribution in [0.15, 0.2) is 91.0 Å². The second-order valence-electron chi connectivity index (χ2n) is 9.46. The molecule has 4 aromatic carbocycles. The van der Waals surface area contributed by atoms with Crippen molar-refractivity contribution in [1.82, 2.24) is 4.57 Å². The molecule has 0 saturated heterocycles. The fourth-order valence-corrected chi connectivity index (χ4v) is 5.24. The molecule has 0 spiro atoms. The largest absolute Gasteiger partial charge is 0.497 e. The van der Waals surface area contributed by atoms with Crippen LogP contribution >= 0.6 is 11.6 Å². The third-order valence-corrected chi connectivity index (χ3v) is 7.30. The summed E-state index contributed by atoms with van der Waals surface area (Å²) in [5.74, 6) is 0.805. The minimum absolute atomic E-state index is 0.177. The fraction of sp³-hybridized carbons (Fsp3) is 0.176. The molecule has 208 valence electrons. The number of benzene rings is 4. The third kappa shape index (κ3) is 5.70. The molecule has 0 bridgehead atoms. The Morgan fingerprint density at radius 1 is 0.829 bits per heavy atom. The molecule has 0 aliphatic heterocycles. The second-order valence-corrected chi connectivity index (χ2v) is 9.89. The van der Waals surface area contributed by atoms with Crippen molar-refractivity contribution in [2.45, 2.75) is 19.9 Å². The Morgan fingerprint density at radius 3 is 2.15 bits per heavy atom. The van der Waals surface area contributed by atoms with Gasteiger partial charge in [-0.3, -0.25) is 4.79 Å². The maximum Gasteiger partial charge on any atom is 0.338 e. The summed E-state index contributed by atoms with van der Waals surface area (Å²) >= 11 is 6.51. The molecule has 7 heteroatoms. The highest BCUT2D eigenvalue weighted by Gasteiger charge is 2.28. The van der Waals surface area contributed by atoms with Crippen LogP contribution < -0.4 is 9.47 Å². The molecule has 0 radical (unpaired) electrons. The summed E-state index contributed by atoms with van der Waals surface area (Å²) in [6, 6.07) is 27.7. The Bertz CT molecular complexity index is 1700. The number of rotatable bonds is 10. The lowest BCUT2D eigenvalue weighted by molar-refractivity contribution is 0.0527. The van der Waals surface area contributed by atoms with Gasteiger partial charge < -0.3 is 18.8 Å². The second kappa shape index (κ2) is 12.3. The van der Waals surface area contributed by atoms with E-state index in [0.717, 1.165) is 22.2 Å². The van der Waals surface area contributed by atoms with Crippen LogP contribution in [0.4, 0.5) is 0 Å². The minimum atomic E-state index is -0.452. The molecule has 0 N–H and O–H groups in total. The van der Waals surface area contributed by atoms with Gasteiger partial charge in [0, 0.05) is 33.6 Å². The summed E-state index contributed by atoms with van der Waals surface area (Å²) in [4.78, 5) is 27.5. The van der Waals surface area contributed by atoms with Gasteiger partial charge in [-0.2, -0.15) is 0 Å². The van der Waals surface area contributed by atoms with Gasteiger partial charge in [0.2, 0.25) is 5.78 Å².